The van der Waals surface area contributed by atoms with Gasteiger partial charge < -0.3 is 9.42 Å². The Hall–Kier alpha value is 1.44. The van der Waals surface area contributed by atoms with Crippen LogP contribution < -0.4 is 0 Å². The van der Waals surface area contributed by atoms with Crippen LogP contribution in [0.2, 0.25) is 0 Å². The molecule has 0 saturated carbocycles. The molecule has 0 bridgehead atoms. The van der Waals surface area contributed by atoms with Crippen molar-refractivity contribution in [1.29, 1.82) is 0 Å². The molecule has 2 unspecified atom stereocenters. The van der Waals surface area contributed by atoms with Crippen LogP contribution in [0.5, 0.6) is 0 Å². The molecule has 0 fully saturated rings. The lowest BCUT2D eigenvalue weighted by Crippen LogP contribution is -2.19. The highest BCUT2D eigenvalue weighted by atomic mass is 35.6. The van der Waals surface area contributed by atoms with Gasteiger partial charge in [-0.2, -0.15) is 0 Å². The van der Waals surface area contributed by atoms with Gasteiger partial charge >= 0.3 is 0 Å². The number of hydrogen-bond donors (Lipinski definition) is 1. The molecular weight excluding hydrogens is 334 g/mol. The van der Waals surface area contributed by atoms with Crippen LogP contribution in [0.25, 0.3) is 0 Å². The standard InChI is InChI=1S/C11H22Cl3O2PS/c1-3-5-7-10(9-11(12,13)14)17(15,18)16-8-6-4-2/h10H,3-9H2,1-2H3,(H,15,18). The highest BCUT2D eigenvalue weighted by Crippen LogP contribution is 2.54. The second-order valence-electron chi connectivity index (χ2n) is 4.37. The summed E-state index contributed by atoms with van der Waals surface area (Å²) in [5.74, 6) is 0. The van der Waals surface area contributed by atoms with Crippen molar-refractivity contribution in [3.05, 3.63) is 0 Å². The molecule has 110 valence electrons. The molecule has 0 aromatic heterocycles. The van der Waals surface area contributed by atoms with E-state index in [9.17, 15) is 4.89 Å². The summed E-state index contributed by atoms with van der Waals surface area (Å²) in [6.45, 7) is 1.73. The second-order valence-corrected chi connectivity index (χ2v) is 10.6. The topological polar surface area (TPSA) is 29.5 Å². The van der Waals surface area contributed by atoms with Gasteiger partial charge in [-0.05, 0) is 24.6 Å². The average molecular weight is 356 g/mol. The van der Waals surface area contributed by atoms with E-state index < -0.39 is 10.3 Å². The van der Waals surface area contributed by atoms with E-state index in [4.69, 9.17) is 51.1 Å². The molecule has 2 atom stereocenters. The summed E-state index contributed by atoms with van der Waals surface area (Å²) in [6.07, 6.45) is 4.83. The molecule has 1 N–H and O–H groups in total. The van der Waals surface area contributed by atoms with E-state index in [1.165, 1.54) is 0 Å². The number of rotatable bonds is 9. The molecule has 2 nitrogen and oxygen atoms in total. The minimum absolute atomic E-state index is 0.239. The molecule has 0 saturated heterocycles. The zero-order valence-electron chi connectivity index (χ0n) is 10.9. The molecule has 0 amide bonds. The van der Waals surface area contributed by atoms with E-state index in [1.807, 2.05) is 0 Å². The van der Waals surface area contributed by atoms with Crippen molar-refractivity contribution in [2.75, 3.05) is 6.61 Å². The van der Waals surface area contributed by atoms with Crippen LogP contribution in [0.4, 0.5) is 0 Å². The van der Waals surface area contributed by atoms with Gasteiger partial charge in [0.25, 0.3) is 0 Å². The fourth-order valence-electron chi connectivity index (χ4n) is 1.53. The third-order valence-corrected chi connectivity index (χ3v) is 6.18. The summed E-state index contributed by atoms with van der Waals surface area (Å²) in [5, 5.41) is 0. The molecule has 0 aliphatic heterocycles. The van der Waals surface area contributed by atoms with Gasteiger partial charge in [0, 0.05) is 12.1 Å². The Morgan fingerprint density at radius 3 is 2.22 bits per heavy atom. The third kappa shape index (κ3) is 9.36. The first-order valence-corrected chi connectivity index (χ1v) is 10.1. The quantitative estimate of drug-likeness (QED) is 0.340. The summed E-state index contributed by atoms with van der Waals surface area (Å²) in [5.41, 5.74) is -0.239. The first-order valence-electron chi connectivity index (χ1n) is 6.26. The maximum Gasteiger partial charge on any atom is 0.191 e. The van der Waals surface area contributed by atoms with E-state index >= 15 is 0 Å². The van der Waals surface area contributed by atoms with E-state index in [2.05, 4.69) is 13.8 Å². The van der Waals surface area contributed by atoms with Crippen LogP contribution in [0.1, 0.15) is 52.4 Å². The number of halogens is 3. The van der Waals surface area contributed by atoms with Crippen LogP contribution in [-0.2, 0) is 16.3 Å². The number of alkyl halides is 3. The molecule has 0 aliphatic carbocycles. The first kappa shape index (κ1) is 19.4. The molecule has 0 heterocycles. The maximum atomic E-state index is 10.3. The molecule has 0 spiro atoms. The van der Waals surface area contributed by atoms with E-state index in [0.29, 0.717) is 6.61 Å². The van der Waals surface area contributed by atoms with Crippen molar-refractivity contribution >= 4 is 53.1 Å². The average Bonchev–Trinajstić information content (AvgIpc) is 2.22. The molecule has 7 heteroatoms. The minimum Gasteiger partial charge on any atom is -0.345 e. The van der Waals surface area contributed by atoms with Crippen molar-refractivity contribution in [2.24, 2.45) is 0 Å². The fraction of sp³-hybridized carbons (Fsp3) is 1.00. The Bertz CT molecular complexity index is 272. The van der Waals surface area contributed by atoms with Crippen LogP contribution in [-0.4, -0.2) is 21.0 Å². The third-order valence-electron chi connectivity index (χ3n) is 2.59. The van der Waals surface area contributed by atoms with Crippen molar-refractivity contribution in [3.63, 3.8) is 0 Å². The van der Waals surface area contributed by atoms with Crippen LogP contribution >= 0.6 is 41.3 Å². The molecule has 18 heavy (non-hydrogen) atoms. The highest BCUT2D eigenvalue weighted by Gasteiger charge is 2.34. The molecule has 0 aliphatic rings. The first-order chi connectivity index (χ1) is 8.23. The molecular formula is C11H22Cl3O2PS. The van der Waals surface area contributed by atoms with E-state index in [0.717, 1.165) is 32.1 Å². The largest absolute Gasteiger partial charge is 0.345 e. The van der Waals surface area contributed by atoms with Gasteiger partial charge in [-0.15, -0.1) is 0 Å². The highest BCUT2D eigenvalue weighted by molar-refractivity contribution is 8.09. The number of unbranched alkanes of at least 4 members (excludes halogenated alkanes) is 2. The lowest BCUT2D eigenvalue weighted by atomic mass is 10.1. The zero-order valence-corrected chi connectivity index (χ0v) is 14.9. The normalized spacial score (nSPS) is 17.4. The maximum absolute atomic E-state index is 10.3. The predicted octanol–water partition coefficient (Wildman–Crippen LogP) is 5.42. The monoisotopic (exact) mass is 354 g/mol. The Morgan fingerprint density at radius 2 is 1.78 bits per heavy atom. The molecule has 0 radical (unpaired) electrons. The summed E-state index contributed by atoms with van der Waals surface area (Å²) < 4.78 is 4.09. The lowest BCUT2D eigenvalue weighted by molar-refractivity contribution is 0.290. The zero-order chi connectivity index (χ0) is 14.2. The van der Waals surface area contributed by atoms with E-state index in [1.54, 1.807) is 0 Å². The molecule has 0 rings (SSSR count). The van der Waals surface area contributed by atoms with Crippen LogP contribution in [0.3, 0.4) is 0 Å². The Labute approximate surface area is 130 Å². The summed E-state index contributed by atoms with van der Waals surface area (Å²) in [4.78, 5) is 10.3. The van der Waals surface area contributed by atoms with Crippen LogP contribution in [0.15, 0.2) is 0 Å². The smallest absolute Gasteiger partial charge is 0.191 e. The second kappa shape index (κ2) is 9.39. The lowest BCUT2D eigenvalue weighted by Gasteiger charge is -2.28. The summed E-state index contributed by atoms with van der Waals surface area (Å²) >= 11 is 22.7. The summed E-state index contributed by atoms with van der Waals surface area (Å²) in [7, 11) is 0. The van der Waals surface area contributed by atoms with Gasteiger partial charge in [0.15, 0.2) is 10.3 Å². The molecule has 0 aromatic carbocycles. The van der Waals surface area contributed by atoms with Crippen LogP contribution in [0, 0.1) is 0 Å². The van der Waals surface area contributed by atoms with Crippen molar-refractivity contribution in [3.8, 4) is 0 Å². The predicted molar refractivity (Wildman–Crippen MR) is 85.6 cm³/mol. The van der Waals surface area contributed by atoms with Gasteiger partial charge in [0.05, 0.1) is 6.61 Å². The summed E-state index contributed by atoms with van der Waals surface area (Å²) in [6, 6.07) is 0. The molecule has 0 aromatic rings. The van der Waals surface area contributed by atoms with Gasteiger partial charge in [0.2, 0.25) is 0 Å². The van der Waals surface area contributed by atoms with Crippen molar-refractivity contribution < 1.29 is 9.42 Å². The van der Waals surface area contributed by atoms with Gasteiger partial charge in [-0.25, -0.2) is 0 Å². The van der Waals surface area contributed by atoms with Gasteiger partial charge in [-0.3, -0.25) is 0 Å². The van der Waals surface area contributed by atoms with Crippen molar-refractivity contribution in [2.45, 2.75) is 61.8 Å². The Kier molecular flexibility index (Phi) is 10.1. The minimum atomic E-state index is -2.88. The Balaban J connectivity index is 4.55. The van der Waals surface area contributed by atoms with E-state index in [-0.39, 0.29) is 12.1 Å². The number of hydrogen-bond acceptors (Lipinski definition) is 2. The van der Waals surface area contributed by atoms with Gasteiger partial charge in [-0.1, -0.05) is 67.9 Å². The Morgan fingerprint density at radius 1 is 1.22 bits per heavy atom. The fourth-order valence-corrected chi connectivity index (χ4v) is 4.79. The van der Waals surface area contributed by atoms with Gasteiger partial charge in [0.1, 0.15) is 0 Å². The SMILES string of the molecule is CCCCOP(O)(=S)C(CCCC)CC(Cl)(Cl)Cl. The van der Waals surface area contributed by atoms with Crippen molar-refractivity contribution in [1.82, 2.24) is 0 Å².